The lowest BCUT2D eigenvalue weighted by Crippen LogP contribution is -2.05. The molecular weight excluding hydrogens is 390 g/mol. The van der Waals surface area contributed by atoms with E-state index in [1.807, 2.05) is 49.4 Å². The van der Waals surface area contributed by atoms with E-state index >= 15 is 0 Å². The number of benzene rings is 2. The molecule has 0 saturated carbocycles. The van der Waals surface area contributed by atoms with Crippen LogP contribution in [0.2, 0.25) is 5.02 Å². The normalized spacial score (nSPS) is 10.5. The van der Waals surface area contributed by atoms with E-state index in [4.69, 9.17) is 17.3 Å². The lowest BCUT2D eigenvalue weighted by molar-refractivity contribution is 1.17. The average molecular weight is 405 g/mol. The third-order valence-electron chi connectivity index (χ3n) is 3.41. The van der Waals surface area contributed by atoms with E-state index in [0.717, 1.165) is 21.4 Å². The molecule has 24 heavy (non-hydrogen) atoms. The molecule has 1 heterocycles. The van der Waals surface area contributed by atoms with Crippen molar-refractivity contribution in [1.82, 2.24) is 9.97 Å². The summed E-state index contributed by atoms with van der Waals surface area (Å²) in [4.78, 5) is 8.41. The van der Waals surface area contributed by atoms with Crippen LogP contribution in [0.15, 0.2) is 53.3 Å². The third kappa shape index (κ3) is 3.77. The summed E-state index contributed by atoms with van der Waals surface area (Å²) >= 11 is 9.59. The molecular formula is C17H15BrClN5. The molecule has 3 aromatic rings. The topological polar surface area (TPSA) is 75.9 Å². The van der Waals surface area contributed by atoms with Crippen LogP contribution in [0.3, 0.4) is 0 Å². The molecule has 5 nitrogen and oxygen atoms in total. The molecule has 0 amide bonds. The van der Waals surface area contributed by atoms with Gasteiger partial charge in [-0.15, -0.1) is 0 Å². The highest BCUT2D eigenvalue weighted by Gasteiger charge is 2.09. The molecule has 1 aromatic heterocycles. The van der Waals surface area contributed by atoms with Crippen LogP contribution in [0, 0.1) is 6.92 Å². The molecule has 0 aliphatic rings. The first-order valence-electron chi connectivity index (χ1n) is 7.19. The lowest BCUT2D eigenvalue weighted by Gasteiger charge is -2.13. The Morgan fingerprint density at radius 2 is 1.67 bits per heavy atom. The van der Waals surface area contributed by atoms with Gasteiger partial charge in [0.05, 0.1) is 0 Å². The number of anilines is 5. The molecule has 0 unspecified atom stereocenters. The van der Waals surface area contributed by atoms with Crippen molar-refractivity contribution in [2.45, 2.75) is 6.92 Å². The Kier molecular flexibility index (Phi) is 4.87. The number of aromatic nitrogens is 2. The van der Waals surface area contributed by atoms with Crippen LogP contribution in [0.25, 0.3) is 0 Å². The molecule has 4 N–H and O–H groups in total. The Morgan fingerprint density at radius 3 is 2.29 bits per heavy atom. The van der Waals surface area contributed by atoms with Gasteiger partial charge in [-0.2, -0.15) is 0 Å². The highest BCUT2D eigenvalue weighted by Crippen LogP contribution is 2.30. The molecule has 0 bridgehead atoms. The van der Waals surface area contributed by atoms with Crippen molar-refractivity contribution < 1.29 is 0 Å². The predicted molar refractivity (Wildman–Crippen MR) is 103 cm³/mol. The van der Waals surface area contributed by atoms with Crippen molar-refractivity contribution in [3.05, 3.63) is 63.9 Å². The van der Waals surface area contributed by atoms with Crippen LogP contribution in [0.4, 0.5) is 28.7 Å². The number of rotatable bonds is 4. The lowest BCUT2D eigenvalue weighted by atomic mass is 10.2. The van der Waals surface area contributed by atoms with E-state index in [-0.39, 0.29) is 0 Å². The molecule has 0 fully saturated rings. The quantitative estimate of drug-likeness (QED) is 0.552. The minimum absolute atomic E-state index is 0.425. The zero-order valence-corrected chi connectivity index (χ0v) is 15.2. The Labute approximate surface area is 153 Å². The van der Waals surface area contributed by atoms with E-state index in [1.54, 1.807) is 0 Å². The van der Waals surface area contributed by atoms with Gasteiger partial charge in [-0.05, 0) is 42.8 Å². The van der Waals surface area contributed by atoms with Crippen molar-refractivity contribution in [2.75, 3.05) is 16.4 Å². The summed E-state index contributed by atoms with van der Waals surface area (Å²) in [5.74, 6) is 1.05. The van der Waals surface area contributed by atoms with Crippen LogP contribution in [0.5, 0.6) is 0 Å². The predicted octanol–water partition coefficient (Wildman–Crippen LogP) is 5.27. The first-order valence-corrected chi connectivity index (χ1v) is 8.36. The maximum absolute atomic E-state index is 6.19. The number of nitrogen functional groups attached to an aromatic ring is 1. The number of nitrogens with zero attached hydrogens (tertiary/aromatic N) is 2. The van der Waals surface area contributed by atoms with E-state index in [2.05, 4.69) is 36.5 Å². The fourth-order valence-corrected chi connectivity index (χ4v) is 2.68. The fourth-order valence-electron chi connectivity index (χ4n) is 2.11. The maximum Gasteiger partial charge on any atom is 0.159 e. The van der Waals surface area contributed by atoms with Gasteiger partial charge in [-0.25, -0.2) is 9.97 Å². The minimum Gasteiger partial charge on any atom is -0.393 e. The van der Waals surface area contributed by atoms with Gasteiger partial charge in [0.15, 0.2) is 11.6 Å². The minimum atomic E-state index is 0.425. The number of nitrogens with two attached hydrogens (primary N) is 1. The molecule has 0 aliphatic heterocycles. The Morgan fingerprint density at radius 1 is 1.00 bits per heavy atom. The number of halogens is 2. The molecule has 0 aliphatic carbocycles. The fraction of sp³-hybridized carbons (Fsp3) is 0.0588. The van der Waals surface area contributed by atoms with Gasteiger partial charge < -0.3 is 16.4 Å². The van der Waals surface area contributed by atoms with Crippen LogP contribution in [-0.4, -0.2) is 9.97 Å². The van der Waals surface area contributed by atoms with Crippen molar-refractivity contribution >= 4 is 56.2 Å². The molecule has 2 aromatic carbocycles. The van der Waals surface area contributed by atoms with Gasteiger partial charge in [0.1, 0.15) is 12.0 Å². The van der Waals surface area contributed by atoms with Crippen molar-refractivity contribution in [3.8, 4) is 0 Å². The standard InChI is InChI=1S/C17H15BrClN5/c1-10-5-6-13(8-14(10)19)24-17-15(20)16(21-9-22-17)23-12-4-2-3-11(18)7-12/h2-9H,20H2,1H3,(H2,21,22,23,24). The molecule has 3 rings (SSSR count). The molecule has 0 radical (unpaired) electrons. The van der Waals surface area contributed by atoms with Gasteiger partial charge in [0, 0.05) is 20.9 Å². The Bertz CT molecular complexity index is 885. The van der Waals surface area contributed by atoms with Crippen molar-refractivity contribution in [3.63, 3.8) is 0 Å². The Balaban J connectivity index is 1.86. The zero-order valence-electron chi connectivity index (χ0n) is 12.8. The number of hydrogen-bond donors (Lipinski definition) is 3. The molecule has 122 valence electrons. The van der Waals surface area contributed by atoms with Crippen LogP contribution in [0.1, 0.15) is 5.56 Å². The highest BCUT2D eigenvalue weighted by molar-refractivity contribution is 9.10. The summed E-state index contributed by atoms with van der Waals surface area (Å²) in [6, 6.07) is 13.4. The smallest absolute Gasteiger partial charge is 0.159 e. The van der Waals surface area contributed by atoms with E-state index in [9.17, 15) is 0 Å². The van der Waals surface area contributed by atoms with Crippen LogP contribution >= 0.6 is 27.5 Å². The second-order valence-electron chi connectivity index (χ2n) is 5.21. The van der Waals surface area contributed by atoms with E-state index in [1.165, 1.54) is 6.33 Å². The molecule has 0 spiro atoms. The van der Waals surface area contributed by atoms with E-state index in [0.29, 0.717) is 22.3 Å². The van der Waals surface area contributed by atoms with Crippen LogP contribution in [-0.2, 0) is 0 Å². The summed E-state index contributed by atoms with van der Waals surface area (Å²) in [6.07, 6.45) is 1.45. The SMILES string of the molecule is Cc1ccc(Nc2ncnc(Nc3cccc(Br)c3)c2N)cc1Cl. The number of hydrogen-bond acceptors (Lipinski definition) is 5. The molecule has 7 heteroatoms. The second-order valence-corrected chi connectivity index (χ2v) is 6.53. The van der Waals surface area contributed by atoms with Gasteiger partial charge in [-0.3, -0.25) is 0 Å². The highest BCUT2D eigenvalue weighted by atomic mass is 79.9. The maximum atomic E-state index is 6.19. The van der Waals surface area contributed by atoms with Gasteiger partial charge in [-0.1, -0.05) is 39.7 Å². The largest absolute Gasteiger partial charge is 0.393 e. The summed E-state index contributed by atoms with van der Waals surface area (Å²) in [6.45, 7) is 1.95. The van der Waals surface area contributed by atoms with Gasteiger partial charge in [0.2, 0.25) is 0 Å². The Hall–Kier alpha value is -2.31. The first-order chi connectivity index (χ1) is 11.5. The first kappa shape index (κ1) is 16.5. The van der Waals surface area contributed by atoms with Gasteiger partial charge >= 0.3 is 0 Å². The van der Waals surface area contributed by atoms with E-state index < -0.39 is 0 Å². The summed E-state index contributed by atoms with van der Waals surface area (Å²) < 4.78 is 0.966. The monoisotopic (exact) mass is 403 g/mol. The van der Waals surface area contributed by atoms with Gasteiger partial charge in [0.25, 0.3) is 0 Å². The van der Waals surface area contributed by atoms with Crippen molar-refractivity contribution in [1.29, 1.82) is 0 Å². The second kappa shape index (κ2) is 7.07. The molecule has 0 atom stereocenters. The average Bonchev–Trinajstić information content (AvgIpc) is 2.55. The summed E-state index contributed by atoms with van der Waals surface area (Å²) in [5, 5.41) is 7.04. The number of nitrogens with one attached hydrogen (secondary N) is 2. The zero-order chi connectivity index (χ0) is 17.1. The molecule has 0 saturated heterocycles. The summed E-state index contributed by atoms with van der Waals surface area (Å²) in [5.41, 5.74) is 9.31. The summed E-state index contributed by atoms with van der Waals surface area (Å²) in [7, 11) is 0. The van der Waals surface area contributed by atoms with Crippen molar-refractivity contribution in [2.24, 2.45) is 0 Å². The number of aryl methyl sites for hydroxylation is 1. The van der Waals surface area contributed by atoms with Crippen LogP contribution < -0.4 is 16.4 Å². The third-order valence-corrected chi connectivity index (χ3v) is 4.31.